The molecule has 2 fully saturated rings. The normalized spacial score (nSPS) is 22.5. The fraction of sp³-hybridized carbons (Fsp3) is 0.706. The highest BCUT2D eigenvalue weighted by atomic mass is 16.3. The Hall–Kier alpha value is -1.89. The maximum atomic E-state index is 11.6. The average molecular weight is 333 g/mol. The molecular weight excluding hydrogens is 306 g/mol. The monoisotopic (exact) mass is 333 g/mol. The first-order valence-electron chi connectivity index (χ1n) is 8.82. The SMILES string of the molecule is CC(=O)N1CCN(c2cc(C)nc(N3CCCCC3)n2)C[C@H](O)C1. The molecule has 1 atom stereocenters. The summed E-state index contributed by atoms with van der Waals surface area (Å²) in [5, 5.41) is 10.2. The Morgan fingerprint density at radius 1 is 1.08 bits per heavy atom. The second-order valence-corrected chi connectivity index (χ2v) is 6.78. The summed E-state index contributed by atoms with van der Waals surface area (Å²) in [6.45, 7) is 7.68. The Balaban J connectivity index is 1.80. The number of anilines is 2. The van der Waals surface area contributed by atoms with Gasteiger partial charge in [-0.1, -0.05) is 0 Å². The van der Waals surface area contributed by atoms with Crippen LogP contribution in [0, 0.1) is 6.92 Å². The second kappa shape index (κ2) is 7.34. The molecule has 2 aliphatic heterocycles. The number of amides is 1. The van der Waals surface area contributed by atoms with Crippen LogP contribution in [0.15, 0.2) is 6.07 Å². The molecule has 0 unspecified atom stereocenters. The van der Waals surface area contributed by atoms with Gasteiger partial charge in [0.2, 0.25) is 11.9 Å². The van der Waals surface area contributed by atoms with Gasteiger partial charge in [-0.3, -0.25) is 4.79 Å². The Kier molecular flexibility index (Phi) is 5.18. The van der Waals surface area contributed by atoms with Crippen molar-refractivity contribution in [1.82, 2.24) is 14.9 Å². The zero-order valence-electron chi connectivity index (χ0n) is 14.6. The first kappa shape index (κ1) is 17.0. The lowest BCUT2D eigenvalue weighted by Crippen LogP contribution is -2.36. The molecular formula is C17H27N5O2. The van der Waals surface area contributed by atoms with Crippen LogP contribution < -0.4 is 9.80 Å². The first-order valence-corrected chi connectivity index (χ1v) is 8.82. The van der Waals surface area contributed by atoms with Crippen LogP contribution in [0.1, 0.15) is 31.9 Å². The van der Waals surface area contributed by atoms with E-state index in [2.05, 4.69) is 14.8 Å². The van der Waals surface area contributed by atoms with E-state index in [0.29, 0.717) is 26.2 Å². The zero-order valence-corrected chi connectivity index (χ0v) is 14.6. The molecule has 1 aromatic heterocycles. The Morgan fingerprint density at radius 3 is 2.54 bits per heavy atom. The number of piperidine rings is 1. The van der Waals surface area contributed by atoms with E-state index in [4.69, 9.17) is 4.98 Å². The fourth-order valence-corrected chi connectivity index (χ4v) is 3.42. The molecule has 0 bridgehead atoms. The molecule has 0 radical (unpaired) electrons. The predicted molar refractivity (Wildman–Crippen MR) is 93.3 cm³/mol. The number of hydrogen-bond donors (Lipinski definition) is 1. The number of carbonyl (C=O) groups excluding carboxylic acids is 1. The van der Waals surface area contributed by atoms with Gasteiger partial charge in [0.25, 0.3) is 0 Å². The number of rotatable bonds is 2. The molecule has 2 saturated heterocycles. The lowest BCUT2D eigenvalue weighted by Gasteiger charge is -2.29. The Bertz CT molecular complexity index is 588. The van der Waals surface area contributed by atoms with Gasteiger partial charge in [-0.05, 0) is 26.2 Å². The standard InChI is InChI=1S/C17H27N5O2/c1-13-10-16(19-17(18-13)20-6-4-3-5-7-20)22-9-8-21(14(2)23)11-15(24)12-22/h10,15,24H,3-9,11-12H2,1-2H3/t15-/m1/s1. The van der Waals surface area contributed by atoms with Gasteiger partial charge in [-0.15, -0.1) is 0 Å². The number of nitrogens with zero attached hydrogens (tertiary/aromatic N) is 5. The van der Waals surface area contributed by atoms with Crippen LogP contribution in [0.25, 0.3) is 0 Å². The number of β-amino-alcohol motifs (C(OH)–C–C–N with tert-alkyl or cyclic N) is 1. The maximum Gasteiger partial charge on any atom is 0.227 e. The quantitative estimate of drug-likeness (QED) is 0.863. The average Bonchev–Trinajstić information content (AvgIpc) is 2.77. The first-order chi connectivity index (χ1) is 11.5. The number of aliphatic hydroxyl groups is 1. The van der Waals surface area contributed by atoms with Crippen LogP contribution in [-0.2, 0) is 4.79 Å². The third-order valence-electron chi connectivity index (χ3n) is 4.74. The number of aryl methyl sites for hydroxylation is 1. The topological polar surface area (TPSA) is 72.8 Å². The van der Waals surface area contributed by atoms with Gasteiger partial charge in [0.1, 0.15) is 5.82 Å². The van der Waals surface area contributed by atoms with Crippen LogP contribution in [0.4, 0.5) is 11.8 Å². The summed E-state index contributed by atoms with van der Waals surface area (Å²) in [5.74, 6) is 1.63. The van der Waals surface area contributed by atoms with Crippen molar-refractivity contribution < 1.29 is 9.90 Å². The van der Waals surface area contributed by atoms with Gasteiger partial charge < -0.3 is 19.8 Å². The summed E-state index contributed by atoms with van der Waals surface area (Å²) in [4.78, 5) is 27.0. The van der Waals surface area contributed by atoms with E-state index < -0.39 is 6.10 Å². The van der Waals surface area contributed by atoms with Gasteiger partial charge in [0.05, 0.1) is 6.10 Å². The zero-order chi connectivity index (χ0) is 17.1. The largest absolute Gasteiger partial charge is 0.389 e. The number of hydrogen-bond acceptors (Lipinski definition) is 6. The molecule has 1 amide bonds. The molecule has 1 aromatic rings. The molecule has 0 aromatic carbocycles. The van der Waals surface area contributed by atoms with Crippen LogP contribution in [0.3, 0.4) is 0 Å². The van der Waals surface area contributed by atoms with E-state index in [1.165, 1.54) is 19.3 Å². The Labute approximate surface area is 143 Å². The minimum absolute atomic E-state index is 0.00349. The number of carbonyl (C=O) groups is 1. The van der Waals surface area contributed by atoms with Gasteiger partial charge in [-0.25, -0.2) is 4.98 Å². The Morgan fingerprint density at radius 2 is 1.83 bits per heavy atom. The minimum Gasteiger partial charge on any atom is -0.389 e. The summed E-state index contributed by atoms with van der Waals surface area (Å²) >= 11 is 0. The van der Waals surface area contributed by atoms with E-state index in [-0.39, 0.29) is 5.91 Å². The summed E-state index contributed by atoms with van der Waals surface area (Å²) < 4.78 is 0. The summed E-state index contributed by atoms with van der Waals surface area (Å²) in [7, 11) is 0. The highest BCUT2D eigenvalue weighted by Gasteiger charge is 2.24. The van der Waals surface area contributed by atoms with Crippen molar-refractivity contribution in [3.8, 4) is 0 Å². The van der Waals surface area contributed by atoms with E-state index in [9.17, 15) is 9.90 Å². The van der Waals surface area contributed by atoms with Crippen LogP contribution in [0.5, 0.6) is 0 Å². The third kappa shape index (κ3) is 3.95. The fourth-order valence-electron chi connectivity index (χ4n) is 3.42. The molecule has 24 heavy (non-hydrogen) atoms. The van der Waals surface area contributed by atoms with Gasteiger partial charge in [0, 0.05) is 58.0 Å². The number of aromatic nitrogens is 2. The molecule has 3 heterocycles. The highest BCUT2D eigenvalue weighted by Crippen LogP contribution is 2.21. The van der Waals surface area contributed by atoms with E-state index in [1.54, 1.807) is 11.8 Å². The van der Waals surface area contributed by atoms with Gasteiger partial charge in [0.15, 0.2) is 0 Å². The summed E-state index contributed by atoms with van der Waals surface area (Å²) in [6.07, 6.45) is 3.07. The van der Waals surface area contributed by atoms with Crippen LogP contribution in [-0.4, -0.2) is 71.3 Å². The van der Waals surface area contributed by atoms with E-state index in [0.717, 1.165) is 30.5 Å². The van der Waals surface area contributed by atoms with Crippen molar-refractivity contribution in [2.75, 3.05) is 49.1 Å². The maximum absolute atomic E-state index is 11.6. The molecule has 0 aliphatic carbocycles. The lowest BCUT2D eigenvalue weighted by atomic mass is 10.1. The lowest BCUT2D eigenvalue weighted by molar-refractivity contribution is -0.129. The van der Waals surface area contributed by atoms with Gasteiger partial charge in [-0.2, -0.15) is 4.98 Å². The molecule has 132 valence electrons. The van der Waals surface area contributed by atoms with Crippen molar-refractivity contribution in [3.63, 3.8) is 0 Å². The van der Waals surface area contributed by atoms with Gasteiger partial charge >= 0.3 is 0 Å². The molecule has 7 nitrogen and oxygen atoms in total. The third-order valence-corrected chi connectivity index (χ3v) is 4.74. The van der Waals surface area contributed by atoms with Crippen molar-refractivity contribution in [2.24, 2.45) is 0 Å². The smallest absolute Gasteiger partial charge is 0.227 e. The van der Waals surface area contributed by atoms with Crippen molar-refractivity contribution in [1.29, 1.82) is 0 Å². The van der Waals surface area contributed by atoms with Crippen LogP contribution in [0.2, 0.25) is 0 Å². The minimum atomic E-state index is -0.565. The van der Waals surface area contributed by atoms with E-state index >= 15 is 0 Å². The predicted octanol–water partition coefficient (Wildman–Crippen LogP) is 0.805. The number of aliphatic hydroxyl groups excluding tert-OH is 1. The molecule has 1 N–H and O–H groups in total. The molecule has 7 heteroatoms. The van der Waals surface area contributed by atoms with Crippen molar-refractivity contribution >= 4 is 17.7 Å². The molecule has 0 spiro atoms. The summed E-state index contributed by atoms with van der Waals surface area (Å²) in [5.41, 5.74) is 0.933. The molecule has 0 saturated carbocycles. The van der Waals surface area contributed by atoms with E-state index in [1.807, 2.05) is 13.0 Å². The summed E-state index contributed by atoms with van der Waals surface area (Å²) in [6, 6.07) is 1.96. The molecule has 2 aliphatic rings. The van der Waals surface area contributed by atoms with Crippen molar-refractivity contribution in [2.45, 2.75) is 39.2 Å². The van der Waals surface area contributed by atoms with Crippen LogP contribution >= 0.6 is 0 Å². The molecule has 3 rings (SSSR count). The second-order valence-electron chi connectivity index (χ2n) is 6.78. The highest BCUT2D eigenvalue weighted by molar-refractivity contribution is 5.73. The van der Waals surface area contributed by atoms with Crippen molar-refractivity contribution in [3.05, 3.63) is 11.8 Å².